The molecule has 0 spiro atoms. The van der Waals surface area contributed by atoms with Gasteiger partial charge in [0.05, 0.1) is 11.8 Å². The minimum Gasteiger partial charge on any atom is -0.484 e. The third kappa shape index (κ3) is 4.18. The first-order valence-corrected chi connectivity index (χ1v) is 7.98. The van der Waals surface area contributed by atoms with Crippen molar-refractivity contribution in [1.29, 1.82) is 0 Å². The predicted octanol–water partition coefficient (Wildman–Crippen LogP) is 4.03. The van der Waals surface area contributed by atoms with E-state index in [-0.39, 0.29) is 6.10 Å². The Labute approximate surface area is 141 Å². The van der Waals surface area contributed by atoms with Crippen LogP contribution in [0.4, 0.5) is 0 Å². The van der Waals surface area contributed by atoms with Crippen molar-refractivity contribution in [2.75, 3.05) is 0 Å². The Balaban J connectivity index is 1.77. The van der Waals surface area contributed by atoms with Gasteiger partial charge in [-0.05, 0) is 36.2 Å². The molecule has 3 aromatic rings. The van der Waals surface area contributed by atoms with Crippen molar-refractivity contribution in [3.63, 3.8) is 0 Å². The van der Waals surface area contributed by atoms with Crippen LogP contribution in [0.5, 0.6) is 5.75 Å². The largest absolute Gasteiger partial charge is 0.484 e. The lowest BCUT2D eigenvalue weighted by molar-refractivity contribution is 0.103. The summed E-state index contributed by atoms with van der Waals surface area (Å²) in [7, 11) is 0. The summed E-state index contributed by atoms with van der Waals surface area (Å²) < 4.78 is 6.05. The Morgan fingerprint density at radius 2 is 1.67 bits per heavy atom. The van der Waals surface area contributed by atoms with Crippen molar-refractivity contribution >= 4 is 0 Å². The lowest BCUT2D eigenvalue weighted by Gasteiger charge is -2.20. The highest BCUT2D eigenvalue weighted by molar-refractivity contribution is 5.63. The van der Waals surface area contributed by atoms with Crippen LogP contribution in [0.25, 0.3) is 11.1 Å². The molecule has 1 heterocycles. The molecule has 0 aliphatic carbocycles. The molecular formula is C20H20N2O2. The maximum Gasteiger partial charge on any atom is 0.143 e. The van der Waals surface area contributed by atoms with Gasteiger partial charge in [-0.3, -0.25) is 0 Å². The molecule has 0 amide bonds. The van der Waals surface area contributed by atoms with Crippen LogP contribution in [-0.4, -0.2) is 21.2 Å². The third-order valence-corrected chi connectivity index (χ3v) is 3.73. The zero-order valence-electron chi connectivity index (χ0n) is 13.5. The van der Waals surface area contributed by atoms with E-state index in [1.807, 2.05) is 48.5 Å². The van der Waals surface area contributed by atoms with Crippen molar-refractivity contribution in [3.05, 3.63) is 78.9 Å². The van der Waals surface area contributed by atoms with Crippen LogP contribution in [0, 0.1) is 0 Å². The Hall–Kier alpha value is -2.72. The van der Waals surface area contributed by atoms with Gasteiger partial charge in [0.25, 0.3) is 0 Å². The molecule has 2 unspecified atom stereocenters. The number of hydrogen-bond acceptors (Lipinski definition) is 4. The average Bonchev–Trinajstić information content (AvgIpc) is 2.63. The fourth-order valence-corrected chi connectivity index (χ4v) is 2.55. The summed E-state index contributed by atoms with van der Waals surface area (Å²) in [4.78, 5) is 8.18. The smallest absolute Gasteiger partial charge is 0.143 e. The first-order valence-electron chi connectivity index (χ1n) is 7.98. The minimum atomic E-state index is -0.478. The van der Waals surface area contributed by atoms with Gasteiger partial charge in [0, 0.05) is 12.6 Å². The molecule has 0 aliphatic rings. The quantitative estimate of drug-likeness (QED) is 0.745. The minimum absolute atomic E-state index is 0.310. The van der Waals surface area contributed by atoms with Crippen molar-refractivity contribution in [1.82, 2.24) is 9.97 Å². The van der Waals surface area contributed by atoms with Gasteiger partial charge in [-0.25, -0.2) is 9.97 Å². The Morgan fingerprint density at radius 3 is 2.29 bits per heavy atom. The van der Waals surface area contributed by atoms with Crippen LogP contribution in [0.1, 0.15) is 25.1 Å². The molecule has 24 heavy (non-hydrogen) atoms. The van der Waals surface area contributed by atoms with Crippen LogP contribution < -0.4 is 4.74 Å². The van der Waals surface area contributed by atoms with Crippen LogP contribution in [0.2, 0.25) is 0 Å². The van der Waals surface area contributed by atoms with E-state index in [1.165, 1.54) is 11.9 Å². The maximum atomic E-state index is 9.73. The van der Waals surface area contributed by atoms with Crippen molar-refractivity contribution < 1.29 is 9.84 Å². The highest BCUT2D eigenvalue weighted by Gasteiger charge is 2.17. The van der Waals surface area contributed by atoms with Crippen LogP contribution in [-0.2, 0) is 0 Å². The van der Waals surface area contributed by atoms with E-state index in [4.69, 9.17) is 4.74 Å². The fraction of sp³-hybridized carbons (Fsp3) is 0.200. The molecule has 0 bridgehead atoms. The van der Waals surface area contributed by atoms with Gasteiger partial charge in [-0.2, -0.15) is 0 Å². The van der Waals surface area contributed by atoms with E-state index < -0.39 is 6.10 Å². The monoisotopic (exact) mass is 320 g/mol. The van der Waals surface area contributed by atoms with E-state index >= 15 is 0 Å². The number of aliphatic hydroxyl groups is 1. The molecule has 0 aliphatic heterocycles. The number of benzene rings is 2. The number of nitrogens with zero attached hydrogens (tertiary/aromatic N) is 2. The Bertz CT molecular complexity index is 744. The Kier molecular flexibility index (Phi) is 5.18. The summed E-state index contributed by atoms with van der Waals surface area (Å²) >= 11 is 0. The number of rotatable bonds is 6. The second kappa shape index (κ2) is 7.70. The van der Waals surface area contributed by atoms with E-state index in [1.54, 1.807) is 13.1 Å². The first kappa shape index (κ1) is 16.1. The molecule has 0 radical (unpaired) electrons. The number of aromatic nitrogens is 2. The summed E-state index contributed by atoms with van der Waals surface area (Å²) in [6.07, 6.45) is 2.85. The lowest BCUT2D eigenvalue weighted by Crippen LogP contribution is -2.15. The molecule has 1 N–H and O–H groups in total. The average molecular weight is 320 g/mol. The molecule has 2 atom stereocenters. The van der Waals surface area contributed by atoms with Gasteiger partial charge in [-0.1, -0.05) is 42.5 Å². The predicted molar refractivity (Wildman–Crippen MR) is 93.6 cm³/mol. The standard InChI is InChI=1S/C20H20N2O2/c1-15(23)13-20(19-11-12-21-14-22-19)24-18-9-7-17(8-10-18)16-5-3-2-4-6-16/h2-12,14-15,20,23H,13H2,1H3. The summed E-state index contributed by atoms with van der Waals surface area (Å²) in [5.41, 5.74) is 3.07. The van der Waals surface area contributed by atoms with Gasteiger partial charge < -0.3 is 9.84 Å². The Morgan fingerprint density at radius 1 is 0.958 bits per heavy atom. The maximum absolute atomic E-state index is 9.73. The molecule has 1 aromatic heterocycles. The van der Waals surface area contributed by atoms with Crippen molar-refractivity contribution in [2.45, 2.75) is 25.6 Å². The molecule has 0 saturated heterocycles. The highest BCUT2D eigenvalue weighted by Crippen LogP contribution is 2.27. The second-order valence-corrected chi connectivity index (χ2v) is 5.72. The zero-order valence-corrected chi connectivity index (χ0v) is 13.5. The van der Waals surface area contributed by atoms with E-state index in [0.717, 1.165) is 17.0 Å². The summed E-state index contributed by atoms with van der Waals surface area (Å²) in [6, 6.07) is 20.0. The molecule has 0 fully saturated rings. The fourth-order valence-electron chi connectivity index (χ4n) is 2.55. The summed E-state index contributed by atoms with van der Waals surface area (Å²) in [5, 5.41) is 9.73. The topological polar surface area (TPSA) is 55.2 Å². The zero-order chi connectivity index (χ0) is 16.8. The van der Waals surface area contributed by atoms with Crippen molar-refractivity contribution in [2.24, 2.45) is 0 Å². The molecule has 4 nitrogen and oxygen atoms in total. The van der Waals surface area contributed by atoms with E-state index in [0.29, 0.717) is 6.42 Å². The molecule has 0 saturated carbocycles. The van der Waals surface area contributed by atoms with Gasteiger partial charge in [0.2, 0.25) is 0 Å². The molecular weight excluding hydrogens is 300 g/mol. The number of hydrogen-bond donors (Lipinski definition) is 1. The lowest BCUT2D eigenvalue weighted by atomic mass is 10.1. The third-order valence-electron chi connectivity index (χ3n) is 3.73. The molecule has 4 heteroatoms. The highest BCUT2D eigenvalue weighted by atomic mass is 16.5. The van der Waals surface area contributed by atoms with E-state index in [9.17, 15) is 5.11 Å². The van der Waals surface area contributed by atoms with Gasteiger partial charge >= 0.3 is 0 Å². The van der Waals surface area contributed by atoms with Crippen LogP contribution in [0.15, 0.2) is 73.2 Å². The van der Waals surface area contributed by atoms with Gasteiger partial charge in [-0.15, -0.1) is 0 Å². The normalized spacial score (nSPS) is 13.2. The number of aliphatic hydroxyl groups excluding tert-OH is 1. The SMILES string of the molecule is CC(O)CC(Oc1ccc(-c2ccccc2)cc1)c1ccncn1. The second-order valence-electron chi connectivity index (χ2n) is 5.72. The first-order chi connectivity index (χ1) is 11.7. The van der Waals surface area contributed by atoms with Gasteiger partial charge in [0.15, 0.2) is 0 Å². The van der Waals surface area contributed by atoms with Gasteiger partial charge in [0.1, 0.15) is 18.2 Å². The summed E-state index contributed by atoms with van der Waals surface area (Å²) in [5.74, 6) is 0.749. The molecule has 3 rings (SSSR count). The van der Waals surface area contributed by atoms with Crippen molar-refractivity contribution in [3.8, 4) is 16.9 Å². The molecule has 2 aromatic carbocycles. The summed E-state index contributed by atoms with van der Waals surface area (Å²) in [6.45, 7) is 1.75. The van der Waals surface area contributed by atoms with E-state index in [2.05, 4.69) is 22.1 Å². The number of ether oxygens (including phenoxy) is 1. The van der Waals surface area contributed by atoms with Crippen LogP contribution in [0.3, 0.4) is 0 Å². The van der Waals surface area contributed by atoms with Crippen LogP contribution >= 0.6 is 0 Å². The molecule has 122 valence electrons.